The van der Waals surface area contributed by atoms with E-state index in [0.29, 0.717) is 18.9 Å². The Morgan fingerprint density at radius 2 is 1.67 bits per heavy atom. The molecule has 1 aliphatic carbocycles. The lowest BCUT2D eigenvalue weighted by Gasteiger charge is -2.25. The van der Waals surface area contributed by atoms with Gasteiger partial charge >= 0.3 is 0 Å². The minimum Gasteiger partial charge on any atom is -0.326 e. The van der Waals surface area contributed by atoms with E-state index < -0.39 is 0 Å². The summed E-state index contributed by atoms with van der Waals surface area (Å²) in [4.78, 5) is 12.4. The van der Waals surface area contributed by atoms with Crippen LogP contribution in [0.5, 0.6) is 0 Å². The molecule has 2 aromatic rings. The molecule has 0 saturated heterocycles. The zero-order valence-corrected chi connectivity index (χ0v) is 12.2. The van der Waals surface area contributed by atoms with E-state index in [-0.39, 0.29) is 5.78 Å². The van der Waals surface area contributed by atoms with Gasteiger partial charge in [-0.05, 0) is 35.4 Å². The topological polar surface area (TPSA) is 43.1 Å². The molecule has 2 heteroatoms. The van der Waals surface area contributed by atoms with Crippen molar-refractivity contribution in [2.75, 3.05) is 0 Å². The van der Waals surface area contributed by atoms with Gasteiger partial charge in [-0.25, -0.2) is 0 Å². The summed E-state index contributed by atoms with van der Waals surface area (Å²) in [6.45, 7) is 0.476. The van der Waals surface area contributed by atoms with Crippen LogP contribution in [0.2, 0.25) is 0 Å². The average Bonchev–Trinajstić information content (AvgIpc) is 2.47. The van der Waals surface area contributed by atoms with Crippen LogP contribution in [0.4, 0.5) is 0 Å². The van der Waals surface area contributed by atoms with Crippen LogP contribution in [0.25, 0.3) is 0 Å². The Morgan fingerprint density at radius 1 is 1.00 bits per heavy atom. The Kier molecular flexibility index (Phi) is 4.16. The first-order valence-electron chi connectivity index (χ1n) is 7.68. The molecule has 108 valence electrons. The molecule has 0 atom stereocenters. The molecule has 0 bridgehead atoms. The molecular weight excluding hydrogens is 258 g/mol. The first-order valence-corrected chi connectivity index (χ1v) is 7.68. The van der Waals surface area contributed by atoms with Gasteiger partial charge in [0.2, 0.25) is 0 Å². The summed E-state index contributed by atoms with van der Waals surface area (Å²) in [6, 6.07) is 16.1. The fourth-order valence-electron chi connectivity index (χ4n) is 2.89. The highest BCUT2D eigenvalue weighted by atomic mass is 16.1. The molecular formula is C19H21NO. The zero-order chi connectivity index (χ0) is 14.7. The summed E-state index contributed by atoms with van der Waals surface area (Å²) in [5, 5.41) is 0. The lowest BCUT2D eigenvalue weighted by Crippen LogP contribution is -2.10. The van der Waals surface area contributed by atoms with Crippen molar-refractivity contribution in [3.63, 3.8) is 0 Å². The SMILES string of the molecule is NCc1ccccc1CC(=O)c1ccc(C2CCC2)cc1. The van der Waals surface area contributed by atoms with E-state index in [0.717, 1.165) is 16.7 Å². The maximum absolute atomic E-state index is 12.4. The molecule has 0 spiro atoms. The van der Waals surface area contributed by atoms with Crippen LogP contribution >= 0.6 is 0 Å². The summed E-state index contributed by atoms with van der Waals surface area (Å²) < 4.78 is 0. The number of rotatable bonds is 5. The molecule has 2 nitrogen and oxygen atoms in total. The molecule has 21 heavy (non-hydrogen) atoms. The van der Waals surface area contributed by atoms with Crippen molar-refractivity contribution in [3.05, 3.63) is 70.8 Å². The minimum absolute atomic E-state index is 0.163. The largest absolute Gasteiger partial charge is 0.326 e. The second-order valence-electron chi connectivity index (χ2n) is 5.82. The van der Waals surface area contributed by atoms with Gasteiger partial charge in [0.1, 0.15) is 0 Å². The van der Waals surface area contributed by atoms with Gasteiger partial charge in [0, 0.05) is 18.5 Å². The fourth-order valence-corrected chi connectivity index (χ4v) is 2.89. The van der Waals surface area contributed by atoms with Gasteiger partial charge in [-0.1, -0.05) is 55.0 Å². The average molecular weight is 279 g/mol. The molecule has 0 radical (unpaired) electrons. The second kappa shape index (κ2) is 6.23. The third-order valence-corrected chi connectivity index (χ3v) is 4.50. The zero-order valence-electron chi connectivity index (χ0n) is 12.2. The number of Topliss-reactive ketones (excluding diaryl/α,β-unsaturated/α-hetero) is 1. The molecule has 3 rings (SSSR count). The van der Waals surface area contributed by atoms with Gasteiger partial charge in [-0.2, -0.15) is 0 Å². The monoisotopic (exact) mass is 279 g/mol. The van der Waals surface area contributed by atoms with Crippen molar-refractivity contribution in [3.8, 4) is 0 Å². The number of carbonyl (C=O) groups excluding carboxylic acids is 1. The normalized spacial score (nSPS) is 14.7. The lowest BCUT2D eigenvalue weighted by atomic mass is 9.80. The van der Waals surface area contributed by atoms with E-state index in [1.54, 1.807) is 0 Å². The summed E-state index contributed by atoms with van der Waals surface area (Å²) in [5.74, 6) is 0.878. The molecule has 2 N–H and O–H groups in total. The maximum atomic E-state index is 12.4. The van der Waals surface area contributed by atoms with E-state index in [4.69, 9.17) is 5.73 Å². The van der Waals surface area contributed by atoms with Crippen LogP contribution in [0.3, 0.4) is 0 Å². The molecule has 2 aromatic carbocycles. The van der Waals surface area contributed by atoms with E-state index in [1.807, 2.05) is 36.4 Å². The molecule has 1 saturated carbocycles. The van der Waals surface area contributed by atoms with Crippen LogP contribution in [0.1, 0.15) is 52.2 Å². The number of hydrogen-bond acceptors (Lipinski definition) is 2. The molecule has 0 unspecified atom stereocenters. The van der Waals surface area contributed by atoms with Gasteiger partial charge in [0.05, 0.1) is 0 Å². The van der Waals surface area contributed by atoms with Crippen LogP contribution in [-0.4, -0.2) is 5.78 Å². The summed E-state index contributed by atoms with van der Waals surface area (Å²) >= 11 is 0. The predicted octanol–water partition coefficient (Wildman–Crippen LogP) is 3.84. The number of carbonyl (C=O) groups is 1. The van der Waals surface area contributed by atoms with E-state index in [2.05, 4.69) is 12.1 Å². The van der Waals surface area contributed by atoms with Crippen molar-refractivity contribution < 1.29 is 4.79 Å². The van der Waals surface area contributed by atoms with E-state index >= 15 is 0 Å². The maximum Gasteiger partial charge on any atom is 0.167 e. The summed E-state index contributed by atoms with van der Waals surface area (Å²) in [7, 11) is 0. The molecule has 0 aliphatic heterocycles. The van der Waals surface area contributed by atoms with Crippen LogP contribution < -0.4 is 5.73 Å². The third-order valence-electron chi connectivity index (χ3n) is 4.50. The van der Waals surface area contributed by atoms with Gasteiger partial charge in [0.15, 0.2) is 5.78 Å². The Bertz CT molecular complexity index is 626. The van der Waals surface area contributed by atoms with Crippen LogP contribution in [0, 0.1) is 0 Å². The smallest absolute Gasteiger partial charge is 0.167 e. The number of ketones is 1. The highest BCUT2D eigenvalue weighted by Crippen LogP contribution is 2.36. The molecule has 0 heterocycles. The van der Waals surface area contributed by atoms with Crippen molar-refractivity contribution in [1.29, 1.82) is 0 Å². The van der Waals surface area contributed by atoms with Crippen LogP contribution in [0.15, 0.2) is 48.5 Å². The lowest BCUT2D eigenvalue weighted by molar-refractivity contribution is 0.0992. The Morgan fingerprint density at radius 3 is 2.24 bits per heavy atom. The predicted molar refractivity (Wildman–Crippen MR) is 85.4 cm³/mol. The van der Waals surface area contributed by atoms with Gasteiger partial charge in [-0.15, -0.1) is 0 Å². The fraction of sp³-hybridized carbons (Fsp3) is 0.316. The minimum atomic E-state index is 0.163. The molecule has 1 aliphatic rings. The summed E-state index contributed by atoms with van der Waals surface area (Å²) in [5.41, 5.74) is 9.99. The molecule has 0 aromatic heterocycles. The van der Waals surface area contributed by atoms with E-state index in [9.17, 15) is 4.79 Å². The quantitative estimate of drug-likeness (QED) is 0.845. The Labute approximate surface area is 126 Å². The standard InChI is InChI=1S/C19H21NO/c20-13-18-5-2-1-4-17(18)12-19(21)16-10-8-15(9-11-16)14-6-3-7-14/h1-2,4-5,8-11,14H,3,6-7,12-13,20H2. The summed E-state index contributed by atoms with van der Waals surface area (Å²) in [6.07, 6.45) is 4.34. The van der Waals surface area contributed by atoms with Crippen LogP contribution in [-0.2, 0) is 13.0 Å². The highest BCUT2D eigenvalue weighted by molar-refractivity contribution is 5.97. The van der Waals surface area contributed by atoms with Gasteiger partial charge in [0.25, 0.3) is 0 Å². The van der Waals surface area contributed by atoms with Crippen molar-refractivity contribution in [1.82, 2.24) is 0 Å². The van der Waals surface area contributed by atoms with Crippen molar-refractivity contribution in [2.24, 2.45) is 5.73 Å². The molecule has 1 fully saturated rings. The Balaban J connectivity index is 1.72. The molecule has 0 amide bonds. The van der Waals surface area contributed by atoms with E-state index in [1.165, 1.54) is 24.8 Å². The number of nitrogens with two attached hydrogens (primary N) is 1. The first kappa shape index (κ1) is 14.0. The Hall–Kier alpha value is -1.93. The van der Waals surface area contributed by atoms with Crippen molar-refractivity contribution in [2.45, 2.75) is 38.1 Å². The third kappa shape index (κ3) is 3.06. The van der Waals surface area contributed by atoms with Crippen molar-refractivity contribution >= 4 is 5.78 Å². The number of benzene rings is 2. The van der Waals surface area contributed by atoms with Gasteiger partial charge < -0.3 is 5.73 Å². The highest BCUT2D eigenvalue weighted by Gasteiger charge is 2.19. The second-order valence-corrected chi connectivity index (χ2v) is 5.82. The number of hydrogen-bond donors (Lipinski definition) is 1. The first-order chi connectivity index (χ1) is 10.3. The van der Waals surface area contributed by atoms with Gasteiger partial charge in [-0.3, -0.25) is 4.79 Å².